The molecule has 3 atom stereocenters. The number of rotatable bonds is 10. The van der Waals surface area contributed by atoms with Gasteiger partial charge in [0.05, 0.1) is 17.8 Å². The average molecular weight is 494 g/mol. The molecular weight excluding hydrogens is 458 g/mol. The van der Waals surface area contributed by atoms with Gasteiger partial charge in [0.25, 0.3) is 0 Å². The van der Waals surface area contributed by atoms with E-state index >= 15 is 0 Å². The number of nitrogens with zero attached hydrogens (tertiary/aromatic N) is 1. The van der Waals surface area contributed by atoms with Gasteiger partial charge in [-0.1, -0.05) is 50.1 Å². The molecule has 0 bridgehead atoms. The number of amides is 3. The Bertz CT molecular complexity index is 858. The lowest BCUT2D eigenvalue weighted by Crippen LogP contribution is -2.52. The van der Waals surface area contributed by atoms with Crippen molar-refractivity contribution in [1.29, 1.82) is 0 Å². The maximum absolute atomic E-state index is 13.0. The molecule has 0 spiro atoms. The number of nitrogens with one attached hydrogen (secondary N) is 2. The molecule has 0 saturated carbocycles. The maximum atomic E-state index is 13.0. The van der Waals surface area contributed by atoms with E-state index in [1.54, 1.807) is 62.9 Å². The van der Waals surface area contributed by atoms with Crippen LogP contribution in [-0.2, 0) is 19.1 Å². The first-order valence-corrected chi connectivity index (χ1v) is 12.5. The summed E-state index contributed by atoms with van der Waals surface area (Å²) in [6, 6.07) is 7.24. The van der Waals surface area contributed by atoms with Crippen molar-refractivity contribution in [2.75, 3.05) is 18.8 Å². The highest BCUT2D eigenvalue weighted by molar-refractivity contribution is 8.00. The molecule has 9 nitrogen and oxygen atoms in total. The zero-order valence-corrected chi connectivity index (χ0v) is 21.0. The number of carbonyl (C=O) groups is 4. The summed E-state index contributed by atoms with van der Waals surface area (Å²) in [6.45, 7) is 6.96. The second-order valence-corrected chi connectivity index (χ2v) is 10.4. The molecule has 3 amide bonds. The molecule has 34 heavy (non-hydrogen) atoms. The monoisotopic (exact) mass is 493 g/mol. The molecule has 1 unspecified atom stereocenters. The Morgan fingerprint density at radius 1 is 1.18 bits per heavy atom. The summed E-state index contributed by atoms with van der Waals surface area (Å²) in [5, 5.41) is 14.3. The van der Waals surface area contributed by atoms with Crippen LogP contribution in [0.15, 0.2) is 30.3 Å². The second kappa shape index (κ2) is 12.6. The first-order valence-electron chi connectivity index (χ1n) is 11.5. The summed E-state index contributed by atoms with van der Waals surface area (Å²) in [6.07, 6.45) is 2.62. The number of benzene rings is 1. The standard InChI is InChI=1S/C24H35N3O6S/c1-5-6-12-20-27(18(15-34-20)22(31)33-24(2,3)4)19(28)14-26-23(32)25-13-17(21(29)30)16-10-8-7-9-11-16/h7-11,17-18,20H,5-6,12-15H2,1-4H3,(H,29,30)(H2,25,26,32)/t17-,18+,20?/m1/s1. The van der Waals surface area contributed by atoms with Crippen LogP contribution in [0.4, 0.5) is 4.79 Å². The molecular formula is C24H35N3O6S. The van der Waals surface area contributed by atoms with Crippen molar-refractivity contribution in [3.05, 3.63) is 35.9 Å². The molecule has 1 aromatic rings. The number of carboxylic acids is 1. The Hall–Kier alpha value is -2.75. The Labute approximate surface area is 205 Å². The van der Waals surface area contributed by atoms with Crippen molar-refractivity contribution in [2.45, 2.75) is 69.9 Å². The van der Waals surface area contributed by atoms with Crippen LogP contribution in [0, 0.1) is 0 Å². The Kier molecular flexibility index (Phi) is 10.2. The molecule has 1 saturated heterocycles. The van der Waals surface area contributed by atoms with Gasteiger partial charge in [-0.15, -0.1) is 11.8 Å². The van der Waals surface area contributed by atoms with Crippen LogP contribution in [0.5, 0.6) is 0 Å². The van der Waals surface area contributed by atoms with Gasteiger partial charge in [-0.2, -0.15) is 0 Å². The summed E-state index contributed by atoms with van der Waals surface area (Å²) < 4.78 is 5.51. The number of aliphatic carboxylic acids is 1. The molecule has 1 aliphatic rings. The van der Waals surface area contributed by atoms with Gasteiger partial charge >= 0.3 is 18.0 Å². The number of esters is 1. The van der Waals surface area contributed by atoms with Crippen LogP contribution < -0.4 is 10.6 Å². The maximum Gasteiger partial charge on any atom is 0.330 e. The summed E-state index contributed by atoms with van der Waals surface area (Å²) in [5.41, 5.74) is -0.102. The van der Waals surface area contributed by atoms with Crippen LogP contribution in [0.3, 0.4) is 0 Å². The van der Waals surface area contributed by atoms with E-state index in [0.717, 1.165) is 19.3 Å². The van der Waals surface area contributed by atoms with Crippen LogP contribution in [0.1, 0.15) is 58.4 Å². The van der Waals surface area contributed by atoms with Crippen LogP contribution in [-0.4, -0.2) is 69.7 Å². The normalized spacial score (nSPS) is 18.8. The fourth-order valence-electron chi connectivity index (χ4n) is 3.59. The van der Waals surface area contributed by atoms with Crippen molar-refractivity contribution in [1.82, 2.24) is 15.5 Å². The lowest BCUT2D eigenvalue weighted by molar-refractivity contribution is -0.163. The van der Waals surface area contributed by atoms with Crippen LogP contribution in [0.2, 0.25) is 0 Å². The van der Waals surface area contributed by atoms with E-state index in [1.807, 2.05) is 0 Å². The fraction of sp³-hybridized carbons (Fsp3) is 0.583. The lowest BCUT2D eigenvalue weighted by atomic mass is 9.99. The minimum Gasteiger partial charge on any atom is -0.481 e. The van der Waals surface area contributed by atoms with Crippen molar-refractivity contribution in [3.8, 4) is 0 Å². The summed E-state index contributed by atoms with van der Waals surface area (Å²) in [4.78, 5) is 51.2. The molecule has 0 radical (unpaired) electrons. The van der Waals surface area contributed by atoms with Gasteiger partial charge in [0.2, 0.25) is 5.91 Å². The minimum atomic E-state index is -1.06. The summed E-state index contributed by atoms with van der Waals surface area (Å²) in [7, 11) is 0. The molecule has 1 aromatic carbocycles. The van der Waals surface area contributed by atoms with E-state index in [9.17, 15) is 24.3 Å². The molecule has 1 heterocycles. The van der Waals surface area contributed by atoms with E-state index in [1.165, 1.54) is 4.90 Å². The number of carbonyl (C=O) groups excluding carboxylic acids is 3. The van der Waals surface area contributed by atoms with E-state index in [-0.39, 0.29) is 24.4 Å². The molecule has 0 aromatic heterocycles. The first-order chi connectivity index (χ1) is 16.0. The van der Waals surface area contributed by atoms with Crippen LogP contribution >= 0.6 is 11.8 Å². The zero-order chi connectivity index (χ0) is 25.3. The Morgan fingerprint density at radius 2 is 1.85 bits per heavy atom. The Morgan fingerprint density at radius 3 is 2.44 bits per heavy atom. The molecule has 10 heteroatoms. The second-order valence-electron chi connectivity index (χ2n) is 9.15. The quantitative estimate of drug-likeness (QED) is 0.428. The highest BCUT2D eigenvalue weighted by Gasteiger charge is 2.42. The molecule has 188 valence electrons. The fourth-order valence-corrected chi connectivity index (χ4v) is 5.05. The van der Waals surface area contributed by atoms with Gasteiger partial charge in [-0.25, -0.2) is 9.59 Å². The highest BCUT2D eigenvalue weighted by atomic mass is 32.2. The molecule has 0 aliphatic carbocycles. The van der Waals surface area contributed by atoms with Gasteiger partial charge in [-0.3, -0.25) is 9.59 Å². The van der Waals surface area contributed by atoms with Gasteiger partial charge in [0, 0.05) is 12.3 Å². The molecule has 1 fully saturated rings. The largest absolute Gasteiger partial charge is 0.481 e. The molecule has 3 N–H and O–H groups in total. The SMILES string of the molecule is CCCCC1SC[C@@H](C(=O)OC(C)(C)C)N1C(=O)CNC(=O)NC[C@@H](C(=O)O)c1ccccc1. The number of hydrogen-bond donors (Lipinski definition) is 3. The number of carboxylic acid groups (broad SMARTS) is 1. The van der Waals surface area contributed by atoms with E-state index in [2.05, 4.69) is 17.6 Å². The topological polar surface area (TPSA) is 125 Å². The third-order valence-electron chi connectivity index (χ3n) is 5.23. The Balaban J connectivity index is 1.97. The summed E-state index contributed by atoms with van der Waals surface area (Å²) >= 11 is 1.54. The number of hydrogen-bond acceptors (Lipinski definition) is 6. The predicted molar refractivity (Wildman–Crippen MR) is 130 cm³/mol. The third kappa shape index (κ3) is 8.23. The summed E-state index contributed by atoms with van der Waals surface area (Å²) in [5.74, 6) is -2.36. The van der Waals surface area contributed by atoms with Crippen molar-refractivity contribution in [3.63, 3.8) is 0 Å². The van der Waals surface area contributed by atoms with Crippen molar-refractivity contribution in [2.24, 2.45) is 0 Å². The van der Waals surface area contributed by atoms with Gasteiger partial charge < -0.3 is 25.4 Å². The van der Waals surface area contributed by atoms with Crippen LogP contribution in [0.25, 0.3) is 0 Å². The van der Waals surface area contributed by atoms with E-state index < -0.39 is 35.5 Å². The number of ether oxygens (including phenoxy) is 1. The zero-order valence-electron chi connectivity index (χ0n) is 20.2. The van der Waals surface area contributed by atoms with E-state index in [0.29, 0.717) is 11.3 Å². The molecule has 1 aliphatic heterocycles. The highest BCUT2D eigenvalue weighted by Crippen LogP contribution is 2.33. The van der Waals surface area contributed by atoms with Crippen molar-refractivity contribution >= 4 is 35.6 Å². The average Bonchev–Trinajstić information content (AvgIpc) is 3.19. The molecule has 2 rings (SSSR count). The van der Waals surface area contributed by atoms with E-state index in [4.69, 9.17) is 4.74 Å². The van der Waals surface area contributed by atoms with Crippen molar-refractivity contribution < 1.29 is 29.0 Å². The number of urea groups is 1. The van der Waals surface area contributed by atoms with Gasteiger partial charge in [0.1, 0.15) is 11.6 Å². The number of unbranched alkanes of at least 4 members (excludes halogenated alkanes) is 1. The predicted octanol–water partition coefficient (Wildman–Crippen LogP) is 2.96. The third-order valence-corrected chi connectivity index (χ3v) is 6.59. The smallest absolute Gasteiger partial charge is 0.330 e. The lowest BCUT2D eigenvalue weighted by Gasteiger charge is -2.30. The first kappa shape index (κ1) is 27.5. The number of thioether (sulfide) groups is 1. The van der Waals surface area contributed by atoms with Gasteiger partial charge in [0.15, 0.2) is 0 Å². The minimum absolute atomic E-state index is 0.126. The van der Waals surface area contributed by atoms with Gasteiger partial charge in [-0.05, 0) is 32.8 Å².